The maximum absolute atomic E-state index is 12.3. The molecular weight excluding hydrogens is 276 g/mol. The van der Waals surface area contributed by atoms with E-state index in [1.807, 2.05) is 31.2 Å². The van der Waals surface area contributed by atoms with E-state index in [2.05, 4.69) is 11.4 Å². The predicted molar refractivity (Wildman–Crippen MR) is 85.7 cm³/mol. The number of carbonyl (C=O) groups excluding carboxylic acids is 1. The Morgan fingerprint density at radius 2 is 1.91 bits per heavy atom. The van der Waals surface area contributed by atoms with Crippen molar-refractivity contribution in [2.24, 2.45) is 0 Å². The lowest BCUT2D eigenvalue weighted by Crippen LogP contribution is -2.30. The smallest absolute Gasteiger partial charge is 0.265 e. The number of aryl methyl sites for hydroxylation is 1. The number of nitrogens with one attached hydrogen (secondary N) is 1. The van der Waals surface area contributed by atoms with E-state index >= 15 is 0 Å². The molecule has 0 aromatic heterocycles. The first-order chi connectivity index (χ1) is 10.7. The topological polar surface area (TPSA) is 62.1 Å². The Labute approximate surface area is 130 Å². The quantitative estimate of drug-likeness (QED) is 0.917. The highest BCUT2D eigenvalue weighted by Crippen LogP contribution is 2.20. The number of para-hydroxylation sites is 2. The maximum Gasteiger partial charge on any atom is 0.265 e. The van der Waals surface area contributed by atoms with Crippen LogP contribution in [-0.2, 0) is 11.2 Å². The third-order valence-corrected chi connectivity index (χ3v) is 3.34. The standard InChI is InChI=1S/C18H18N2O2/c1-3-14-8-4-6-10-16(14)20-18(21)13(2)22-17-11-7-5-9-15(17)12-19/h4-11,13H,3H2,1-2H3,(H,20,21). The zero-order chi connectivity index (χ0) is 15.9. The summed E-state index contributed by atoms with van der Waals surface area (Å²) in [7, 11) is 0. The lowest BCUT2D eigenvalue weighted by Gasteiger charge is -2.16. The van der Waals surface area contributed by atoms with Crippen molar-refractivity contribution in [1.82, 2.24) is 0 Å². The predicted octanol–water partition coefficient (Wildman–Crippen LogP) is 3.53. The average Bonchev–Trinajstić information content (AvgIpc) is 2.55. The molecule has 1 amide bonds. The van der Waals surface area contributed by atoms with Gasteiger partial charge in [-0.15, -0.1) is 0 Å². The largest absolute Gasteiger partial charge is 0.480 e. The number of rotatable bonds is 5. The van der Waals surface area contributed by atoms with Crippen molar-refractivity contribution in [1.29, 1.82) is 5.26 Å². The van der Waals surface area contributed by atoms with Gasteiger partial charge in [-0.25, -0.2) is 0 Å². The number of ether oxygens (including phenoxy) is 1. The van der Waals surface area contributed by atoms with Crippen molar-refractivity contribution in [3.63, 3.8) is 0 Å². The highest BCUT2D eigenvalue weighted by molar-refractivity contribution is 5.94. The second-order valence-corrected chi connectivity index (χ2v) is 4.87. The Morgan fingerprint density at radius 1 is 1.23 bits per heavy atom. The summed E-state index contributed by atoms with van der Waals surface area (Å²) in [6, 6.07) is 16.6. The molecule has 0 fully saturated rings. The molecule has 0 heterocycles. The second kappa shape index (κ2) is 7.28. The van der Waals surface area contributed by atoms with Crippen LogP contribution in [0.15, 0.2) is 48.5 Å². The molecule has 2 aromatic rings. The zero-order valence-electron chi connectivity index (χ0n) is 12.7. The molecule has 22 heavy (non-hydrogen) atoms. The molecule has 4 nitrogen and oxygen atoms in total. The number of benzene rings is 2. The molecule has 1 atom stereocenters. The van der Waals surface area contributed by atoms with Gasteiger partial charge < -0.3 is 10.1 Å². The van der Waals surface area contributed by atoms with Gasteiger partial charge in [0.15, 0.2) is 6.10 Å². The van der Waals surface area contributed by atoms with Gasteiger partial charge in [0.2, 0.25) is 0 Å². The fraction of sp³-hybridized carbons (Fsp3) is 0.222. The van der Waals surface area contributed by atoms with E-state index in [0.717, 1.165) is 17.7 Å². The molecule has 0 saturated heterocycles. The summed E-state index contributed by atoms with van der Waals surface area (Å²) in [6.07, 6.45) is 0.141. The van der Waals surface area contributed by atoms with Crippen LogP contribution in [0.2, 0.25) is 0 Å². The molecular formula is C18H18N2O2. The lowest BCUT2D eigenvalue weighted by atomic mass is 10.1. The third-order valence-electron chi connectivity index (χ3n) is 3.34. The molecule has 0 spiro atoms. The van der Waals surface area contributed by atoms with Crippen molar-refractivity contribution in [2.45, 2.75) is 26.4 Å². The number of hydrogen-bond donors (Lipinski definition) is 1. The Morgan fingerprint density at radius 3 is 2.64 bits per heavy atom. The van der Waals surface area contributed by atoms with Crippen molar-refractivity contribution in [3.05, 3.63) is 59.7 Å². The van der Waals surface area contributed by atoms with Crippen LogP contribution in [0, 0.1) is 11.3 Å². The molecule has 4 heteroatoms. The van der Waals surface area contributed by atoms with Crippen LogP contribution in [0.5, 0.6) is 5.75 Å². The van der Waals surface area contributed by atoms with Crippen LogP contribution in [0.3, 0.4) is 0 Å². The van der Waals surface area contributed by atoms with E-state index in [0.29, 0.717) is 11.3 Å². The molecule has 0 aliphatic rings. The number of anilines is 1. The number of nitrogens with zero attached hydrogens (tertiary/aromatic N) is 1. The number of nitriles is 1. The third kappa shape index (κ3) is 3.64. The zero-order valence-corrected chi connectivity index (χ0v) is 12.7. The van der Waals surface area contributed by atoms with Crippen molar-refractivity contribution in [3.8, 4) is 11.8 Å². The SMILES string of the molecule is CCc1ccccc1NC(=O)C(C)Oc1ccccc1C#N. The van der Waals surface area contributed by atoms with E-state index < -0.39 is 6.10 Å². The van der Waals surface area contributed by atoms with Gasteiger partial charge in [-0.05, 0) is 37.1 Å². The fourth-order valence-electron chi connectivity index (χ4n) is 2.09. The van der Waals surface area contributed by atoms with Gasteiger partial charge in [-0.3, -0.25) is 4.79 Å². The van der Waals surface area contributed by atoms with Crippen LogP contribution < -0.4 is 10.1 Å². The normalized spacial score (nSPS) is 11.3. The first-order valence-corrected chi connectivity index (χ1v) is 7.20. The van der Waals surface area contributed by atoms with Gasteiger partial charge in [0, 0.05) is 5.69 Å². The Balaban J connectivity index is 2.08. The van der Waals surface area contributed by atoms with E-state index in [9.17, 15) is 4.79 Å². The van der Waals surface area contributed by atoms with Gasteiger partial charge in [0.1, 0.15) is 11.8 Å². The van der Waals surface area contributed by atoms with Crippen LogP contribution in [0.4, 0.5) is 5.69 Å². The van der Waals surface area contributed by atoms with E-state index in [1.165, 1.54) is 0 Å². The number of amides is 1. The minimum Gasteiger partial charge on any atom is -0.480 e. The van der Waals surface area contributed by atoms with Crippen LogP contribution >= 0.6 is 0 Å². The molecule has 0 radical (unpaired) electrons. The molecule has 1 N–H and O–H groups in total. The molecule has 2 rings (SSSR count). The summed E-state index contributed by atoms with van der Waals surface area (Å²) >= 11 is 0. The Kier molecular flexibility index (Phi) is 5.16. The van der Waals surface area contributed by atoms with Gasteiger partial charge in [0.05, 0.1) is 5.56 Å². The average molecular weight is 294 g/mol. The summed E-state index contributed by atoms with van der Waals surface area (Å²) in [5.41, 5.74) is 2.27. The minimum atomic E-state index is -0.695. The molecule has 0 aliphatic carbocycles. The summed E-state index contributed by atoms with van der Waals surface area (Å²) in [5.74, 6) is 0.171. The molecule has 112 valence electrons. The molecule has 0 bridgehead atoms. The number of carbonyl (C=O) groups is 1. The van der Waals surface area contributed by atoms with Gasteiger partial charge >= 0.3 is 0 Å². The van der Waals surface area contributed by atoms with E-state index in [-0.39, 0.29) is 5.91 Å². The van der Waals surface area contributed by atoms with Gasteiger partial charge in [-0.1, -0.05) is 37.3 Å². The first kappa shape index (κ1) is 15.6. The van der Waals surface area contributed by atoms with E-state index in [1.54, 1.807) is 31.2 Å². The minimum absolute atomic E-state index is 0.242. The lowest BCUT2D eigenvalue weighted by molar-refractivity contribution is -0.122. The van der Waals surface area contributed by atoms with E-state index in [4.69, 9.17) is 10.00 Å². The molecule has 1 unspecified atom stereocenters. The van der Waals surface area contributed by atoms with Crippen molar-refractivity contribution >= 4 is 11.6 Å². The molecule has 0 aliphatic heterocycles. The monoisotopic (exact) mass is 294 g/mol. The highest BCUT2D eigenvalue weighted by Gasteiger charge is 2.17. The molecule has 0 saturated carbocycles. The van der Waals surface area contributed by atoms with Crippen molar-refractivity contribution < 1.29 is 9.53 Å². The Bertz CT molecular complexity index is 704. The van der Waals surface area contributed by atoms with Gasteiger partial charge in [-0.2, -0.15) is 5.26 Å². The summed E-state index contributed by atoms with van der Waals surface area (Å²) in [5, 5.41) is 11.9. The van der Waals surface area contributed by atoms with Crippen molar-refractivity contribution in [2.75, 3.05) is 5.32 Å². The summed E-state index contributed by atoms with van der Waals surface area (Å²) in [6.45, 7) is 3.70. The first-order valence-electron chi connectivity index (χ1n) is 7.20. The van der Waals surface area contributed by atoms with Crippen LogP contribution in [0.25, 0.3) is 0 Å². The van der Waals surface area contributed by atoms with Gasteiger partial charge in [0.25, 0.3) is 5.91 Å². The maximum atomic E-state index is 12.3. The number of hydrogen-bond acceptors (Lipinski definition) is 3. The summed E-state index contributed by atoms with van der Waals surface area (Å²) in [4.78, 5) is 12.3. The highest BCUT2D eigenvalue weighted by atomic mass is 16.5. The van der Waals surface area contributed by atoms with Crippen LogP contribution in [0.1, 0.15) is 25.0 Å². The fourth-order valence-corrected chi connectivity index (χ4v) is 2.09. The van der Waals surface area contributed by atoms with Crippen LogP contribution in [-0.4, -0.2) is 12.0 Å². The summed E-state index contributed by atoms with van der Waals surface area (Å²) < 4.78 is 5.61. The second-order valence-electron chi connectivity index (χ2n) is 4.87. The molecule has 2 aromatic carbocycles. The Hall–Kier alpha value is -2.80.